The number of nitrogens with two attached hydrogens (primary N) is 1. The van der Waals surface area contributed by atoms with E-state index in [0.29, 0.717) is 24.5 Å². The summed E-state index contributed by atoms with van der Waals surface area (Å²) in [4.78, 5) is 16.2. The quantitative estimate of drug-likeness (QED) is 0.772. The molecule has 0 bridgehead atoms. The van der Waals surface area contributed by atoms with E-state index in [1.54, 1.807) is 18.3 Å². The molecule has 0 spiro atoms. The number of nitrogens with zero attached hydrogens (tertiary/aromatic N) is 1. The fourth-order valence-corrected chi connectivity index (χ4v) is 1.98. The van der Waals surface area contributed by atoms with E-state index in [9.17, 15) is 4.79 Å². The Morgan fingerprint density at radius 3 is 2.76 bits per heavy atom. The predicted molar refractivity (Wildman–Crippen MR) is 85.3 cm³/mol. The number of ether oxygens (including phenoxy) is 1. The summed E-state index contributed by atoms with van der Waals surface area (Å²) in [6.45, 7) is 8.75. The van der Waals surface area contributed by atoms with Crippen molar-refractivity contribution in [1.82, 2.24) is 4.98 Å². The monoisotopic (exact) mass is 293 g/mol. The van der Waals surface area contributed by atoms with Gasteiger partial charge in [0.25, 0.3) is 0 Å². The lowest BCUT2D eigenvalue weighted by Gasteiger charge is -2.23. The van der Waals surface area contributed by atoms with Crippen molar-refractivity contribution < 1.29 is 9.53 Å². The summed E-state index contributed by atoms with van der Waals surface area (Å²) in [6, 6.07) is 3.58. The smallest absolute Gasteiger partial charge is 0.238 e. The zero-order chi connectivity index (χ0) is 15.9. The highest BCUT2D eigenvalue weighted by Gasteiger charge is 2.19. The first-order valence-electron chi connectivity index (χ1n) is 7.45. The molecule has 5 heteroatoms. The number of amides is 1. The fraction of sp³-hybridized carbons (Fsp3) is 0.625. The molecule has 0 fully saturated rings. The van der Waals surface area contributed by atoms with Crippen LogP contribution in [-0.4, -0.2) is 23.5 Å². The minimum Gasteiger partial charge on any atom is -0.473 e. The molecule has 0 unspecified atom stereocenters. The van der Waals surface area contributed by atoms with Crippen LogP contribution in [0.1, 0.15) is 47.0 Å². The van der Waals surface area contributed by atoms with Crippen molar-refractivity contribution in [2.45, 2.75) is 53.1 Å². The summed E-state index contributed by atoms with van der Waals surface area (Å²) in [5.41, 5.74) is 6.29. The molecule has 1 rings (SSSR count). The van der Waals surface area contributed by atoms with Gasteiger partial charge in [0.15, 0.2) is 0 Å². The van der Waals surface area contributed by atoms with Crippen LogP contribution in [0.2, 0.25) is 0 Å². The lowest BCUT2D eigenvalue weighted by Crippen LogP contribution is -2.21. The Morgan fingerprint density at radius 2 is 2.14 bits per heavy atom. The van der Waals surface area contributed by atoms with Crippen LogP contribution in [0, 0.1) is 5.41 Å². The third kappa shape index (κ3) is 6.58. The van der Waals surface area contributed by atoms with Gasteiger partial charge in [-0.1, -0.05) is 13.8 Å². The first-order valence-corrected chi connectivity index (χ1v) is 7.45. The number of rotatable bonds is 8. The molecular weight excluding hydrogens is 266 g/mol. The number of pyridine rings is 1. The molecule has 1 aromatic heterocycles. The molecule has 0 aromatic carbocycles. The number of carbonyl (C=O) groups is 1. The van der Waals surface area contributed by atoms with E-state index in [1.807, 2.05) is 13.8 Å². The number of anilines is 1. The van der Waals surface area contributed by atoms with Crippen molar-refractivity contribution in [3.05, 3.63) is 18.3 Å². The molecule has 0 saturated carbocycles. The third-order valence-electron chi connectivity index (χ3n) is 3.24. The Balaban J connectivity index is 2.59. The van der Waals surface area contributed by atoms with Crippen molar-refractivity contribution in [3.63, 3.8) is 0 Å². The lowest BCUT2D eigenvalue weighted by molar-refractivity contribution is -0.116. The minimum atomic E-state index is -0.0262. The molecule has 0 radical (unpaired) electrons. The maximum absolute atomic E-state index is 12.1. The molecule has 1 aromatic rings. The van der Waals surface area contributed by atoms with Crippen LogP contribution in [0.4, 0.5) is 5.69 Å². The van der Waals surface area contributed by atoms with Crippen LogP contribution in [0.25, 0.3) is 0 Å². The molecular formula is C16H27N3O2. The van der Waals surface area contributed by atoms with E-state index in [-0.39, 0.29) is 17.4 Å². The summed E-state index contributed by atoms with van der Waals surface area (Å²) in [7, 11) is 0. The zero-order valence-electron chi connectivity index (χ0n) is 13.5. The van der Waals surface area contributed by atoms with Crippen molar-refractivity contribution in [2.24, 2.45) is 11.1 Å². The van der Waals surface area contributed by atoms with Gasteiger partial charge in [-0.15, -0.1) is 0 Å². The van der Waals surface area contributed by atoms with E-state index in [0.717, 1.165) is 12.8 Å². The van der Waals surface area contributed by atoms with Gasteiger partial charge in [0, 0.05) is 12.6 Å². The van der Waals surface area contributed by atoms with Gasteiger partial charge < -0.3 is 15.8 Å². The number of carbonyl (C=O) groups excluding carboxylic acids is 1. The van der Waals surface area contributed by atoms with Crippen LogP contribution < -0.4 is 15.8 Å². The average molecular weight is 293 g/mol. The summed E-state index contributed by atoms with van der Waals surface area (Å²) in [5, 5.41) is 2.87. The largest absolute Gasteiger partial charge is 0.473 e. The van der Waals surface area contributed by atoms with Gasteiger partial charge in [0.05, 0.1) is 6.10 Å². The van der Waals surface area contributed by atoms with Crippen molar-refractivity contribution in [3.8, 4) is 5.88 Å². The SMILES string of the molecule is CC(C)Oc1ncccc1NC(=O)CCC(C)(C)CCN. The Hall–Kier alpha value is -1.62. The Kier molecular flexibility index (Phi) is 6.62. The molecule has 0 aliphatic rings. The standard InChI is InChI=1S/C16H27N3O2/c1-12(2)21-15-13(6-5-11-18-15)19-14(20)7-8-16(3,4)9-10-17/h5-6,11-12H,7-10,17H2,1-4H3,(H,19,20). The second-order valence-corrected chi connectivity index (χ2v) is 6.27. The van der Waals surface area contributed by atoms with Crippen molar-refractivity contribution >= 4 is 11.6 Å². The molecule has 21 heavy (non-hydrogen) atoms. The summed E-state index contributed by atoms with van der Waals surface area (Å²) in [6.07, 6.45) is 3.84. The lowest BCUT2D eigenvalue weighted by atomic mass is 9.84. The van der Waals surface area contributed by atoms with Gasteiger partial charge >= 0.3 is 0 Å². The molecule has 5 nitrogen and oxygen atoms in total. The molecule has 1 heterocycles. The van der Waals surface area contributed by atoms with E-state index < -0.39 is 0 Å². The number of aromatic nitrogens is 1. The van der Waals surface area contributed by atoms with Crippen LogP contribution in [0.3, 0.4) is 0 Å². The summed E-state index contributed by atoms with van der Waals surface area (Å²) in [5.74, 6) is 0.434. The third-order valence-corrected chi connectivity index (χ3v) is 3.24. The van der Waals surface area contributed by atoms with Gasteiger partial charge in [-0.25, -0.2) is 4.98 Å². The fourth-order valence-electron chi connectivity index (χ4n) is 1.98. The highest BCUT2D eigenvalue weighted by Crippen LogP contribution is 2.27. The Morgan fingerprint density at radius 1 is 1.43 bits per heavy atom. The van der Waals surface area contributed by atoms with Gasteiger partial charge in [-0.05, 0) is 50.8 Å². The van der Waals surface area contributed by atoms with Crippen molar-refractivity contribution in [1.29, 1.82) is 0 Å². The predicted octanol–water partition coefficient (Wildman–Crippen LogP) is 2.96. The molecule has 1 amide bonds. The number of hydrogen-bond donors (Lipinski definition) is 2. The zero-order valence-corrected chi connectivity index (χ0v) is 13.5. The molecule has 0 aliphatic carbocycles. The van der Waals surface area contributed by atoms with Gasteiger partial charge in [0.1, 0.15) is 5.69 Å². The molecule has 0 atom stereocenters. The van der Waals surface area contributed by atoms with E-state index in [1.165, 1.54) is 0 Å². The second-order valence-electron chi connectivity index (χ2n) is 6.27. The molecule has 0 saturated heterocycles. The maximum Gasteiger partial charge on any atom is 0.238 e. The van der Waals surface area contributed by atoms with Crippen LogP contribution in [0.5, 0.6) is 5.88 Å². The number of nitrogens with one attached hydrogen (secondary N) is 1. The Labute approximate surface area is 127 Å². The van der Waals surface area contributed by atoms with Crippen molar-refractivity contribution in [2.75, 3.05) is 11.9 Å². The molecule has 0 aliphatic heterocycles. The first kappa shape index (κ1) is 17.4. The topological polar surface area (TPSA) is 77.2 Å². The van der Waals surface area contributed by atoms with E-state index >= 15 is 0 Å². The second kappa shape index (κ2) is 7.98. The normalized spacial score (nSPS) is 11.5. The first-order chi connectivity index (χ1) is 9.84. The summed E-state index contributed by atoms with van der Waals surface area (Å²) >= 11 is 0. The molecule has 118 valence electrons. The van der Waals surface area contributed by atoms with Gasteiger partial charge in [0.2, 0.25) is 11.8 Å². The van der Waals surface area contributed by atoms with Crippen LogP contribution >= 0.6 is 0 Å². The van der Waals surface area contributed by atoms with Crippen LogP contribution in [-0.2, 0) is 4.79 Å². The molecule has 3 N–H and O–H groups in total. The van der Waals surface area contributed by atoms with Gasteiger partial charge in [-0.3, -0.25) is 4.79 Å². The maximum atomic E-state index is 12.1. The van der Waals surface area contributed by atoms with E-state index in [4.69, 9.17) is 10.5 Å². The van der Waals surface area contributed by atoms with E-state index in [2.05, 4.69) is 24.1 Å². The van der Waals surface area contributed by atoms with Gasteiger partial charge in [-0.2, -0.15) is 0 Å². The number of hydrogen-bond acceptors (Lipinski definition) is 4. The average Bonchev–Trinajstić information content (AvgIpc) is 2.38. The highest BCUT2D eigenvalue weighted by atomic mass is 16.5. The van der Waals surface area contributed by atoms with Crippen LogP contribution in [0.15, 0.2) is 18.3 Å². The highest BCUT2D eigenvalue weighted by molar-refractivity contribution is 5.91. The summed E-state index contributed by atoms with van der Waals surface area (Å²) < 4.78 is 5.59. The minimum absolute atomic E-state index is 0.0130. The Bertz CT molecular complexity index is 459.